The first-order valence-corrected chi connectivity index (χ1v) is 6.35. The van der Waals surface area contributed by atoms with E-state index < -0.39 is 17.6 Å². The SMILES string of the molecule is COC(=O)c1ccccc1N(C)Cc1cc(F)ccc1F. The maximum absolute atomic E-state index is 13.7. The molecule has 0 unspecified atom stereocenters. The Balaban J connectivity index is 2.30. The molecule has 0 saturated heterocycles. The molecule has 0 heterocycles. The number of hydrogen-bond acceptors (Lipinski definition) is 3. The van der Waals surface area contributed by atoms with Crippen molar-refractivity contribution in [3.8, 4) is 0 Å². The normalized spacial score (nSPS) is 10.3. The maximum Gasteiger partial charge on any atom is 0.339 e. The molecule has 0 aliphatic rings. The molecular weight excluding hydrogens is 276 g/mol. The van der Waals surface area contributed by atoms with Gasteiger partial charge in [-0.1, -0.05) is 12.1 Å². The van der Waals surface area contributed by atoms with Crippen molar-refractivity contribution in [3.05, 3.63) is 65.2 Å². The summed E-state index contributed by atoms with van der Waals surface area (Å²) in [5.74, 6) is -1.46. The minimum Gasteiger partial charge on any atom is -0.465 e. The van der Waals surface area contributed by atoms with E-state index in [1.54, 1.807) is 36.2 Å². The van der Waals surface area contributed by atoms with E-state index in [2.05, 4.69) is 0 Å². The van der Waals surface area contributed by atoms with E-state index in [-0.39, 0.29) is 12.1 Å². The van der Waals surface area contributed by atoms with Crippen molar-refractivity contribution in [3.63, 3.8) is 0 Å². The van der Waals surface area contributed by atoms with Crippen LogP contribution in [0.3, 0.4) is 0 Å². The Labute approximate surface area is 121 Å². The number of anilines is 1. The average Bonchev–Trinajstić information content (AvgIpc) is 2.50. The lowest BCUT2D eigenvalue weighted by Gasteiger charge is -2.22. The predicted molar refractivity (Wildman–Crippen MR) is 76.2 cm³/mol. The van der Waals surface area contributed by atoms with E-state index in [0.717, 1.165) is 18.2 Å². The maximum atomic E-state index is 13.7. The molecular formula is C16H15F2NO2. The number of hydrogen-bond donors (Lipinski definition) is 0. The summed E-state index contributed by atoms with van der Waals surface area (Å²) in [6.07, 6.45) is 0. The lowest BCUT2D eigenvalue weighted by atomic mass is 10.1. The first kappa shape index (κ1) is 15.0. The molecule has 0 spiro atoms. The molecule has 0 N–H and O–H groups in total. The molecule has 2 aromatic carbocycles. The third kappa shape index (κ3) is 3.37. The molecule has 0 bridgehead atoms. The van der Waals surface area contributed by atoms with Gasteiger partial charge >= 0.3 is 5.97 Å². The number of para-hydroxylation sites is 1. The van der Waals surface area contributed by atoms with Gasteiger partial charge in [-0.3, -0.25) is 0 Å². The van der Waals surface area contributed by atoms with Crippen molar-refractivity contribution >= 4 is 11.7 Å². The number of halogens is 2. The van der Waals surface area contributed by atoms with Crippen molar-refractivity contribution < 1.29 is 18.3 Å². The molecule has 3 nitrogen and oxygen atoms in total. The van der Waals surface area contributed by atoms with Gasteiger partial charge in [0.25, 0.3) is 0 Å². The highest BCUT2D eigenvalue weighted by Gasteiger charge is 2.15. The van der Waals surface area contributed by atoms with Crippen LogP contribution in [0, 0.1) is 11.6 Å². The average molecular weight is 291 g/mol. The smallest absolute Gasteiger partial charge is 0.339 e. The topological polar surface area (TPSA) is 29.5 Å². The summed E-state index contributed by atoms with van der Waals surface area (Å²) in [6.45, 7) is 0.137. The molecule has 0 fully saturated rings. The molecule has 0 saturated carbocycles. The molecule has 5 heteroatoms. The molecule has 110 valence electrons. The number of esters is 1. The fraction of sp³-hybridized carbons (Fsp3) is 0.188. The van der Waals surface area contributed by atoms with Crippen LogP contribution in [-0.4, -0.2) is 20.1 Å². The van der Waals surface area contributed by atoms with Gasteiger partial charge in [0.1, 0.15) is 11.6 Å². The highest BCUT2D eigenvalue weighted by atomic mass is 19.1. The number of nitrogens with zero attached hydrogens (tertiary/aromatic N) is 1. The second-order valence-corrected chi connectivity index (χ2v) is 4.60. The van der Waals surface area contributed by atoms with Crippen LogP contribution in [0.1, 0.15) is 15.9 Å². The van der Waals surface area contributed by atoms with Crippen LogP contribution in [-0.2, 0) is 11.3 Å². The highest BCUT2D eigenvalue weighted by molar-refractivity contribution is 5.95. The van der Waals surface area contributed by atoms with Crippen molar-refractivity contribution in [2.75, 3.05) is 19.1 Å². The number of benzene rings is 2. The number of carbonyl (C=O) groups is 1. The zero-order valence-corrected chi connectivity index (χ0v) is 11.8. The van der Waals surface area contributed by atoms with Crippen molar-refractivity contribution in [2.24, 2.45) is 0 Å². The summed E-state index contributed by atoms with van der Waals surface area (Å²) in [7, 11) is 3.00. The first-order chi connectivity index (χ1) is 10.0. The van der Waals surface area contributed by atoms with E-state index in [0.29, 0.717) is 11.3 Å². The fourth-order valence-electron chi connectivity index (χ4n) is 2.09. The van der Waals surface area contributed by atoms with Crippen LogP contribution in [0.15, 0.2) is 42.5 Å². The molecule has 0 radical (unpaired) electrons. The summed E-state index contributed by atoms with van der Waals surface area (Å²) in [6, 6.07) is 10.1. The second-order valence-electron chi connectivity index (χ2n) is 4.60. The monoisotopic (exact) mass is 291 g/mol. The first-order valence-electron chi connectivity index (χ1n) is 6.35. The summed E-state index contributed by atoms with van der Waals surface area (Å²) in [4.78, 5) is 13.4. The zero-order chi connectivity index (χ0) is 15.4. The second kappa shape index (κ2) is 6.35. The molecule has 0 amide bonds. The molecule has 0 aliphatic heterocycles. The predicted octanol–water partition coefficient (Wildman–Crippen LogP) is 3.39. The van der Waals surface area contributed by atoms with Gasteiger partial charge in [0.05, 0.1) is 18.4 Å². The summed E-state index contributed by atoms with van der Waals surface area (Å²) in [5.41, 5.74) is 1.18. The molecule has 2 rings (SSSR count). The van der Waals surface area contributed by atoms with E-state index >= 15 is 0 Å². The van der Waals surface area contributed by atoms with Crippen LogP contribution >= 0.6 is 0 Å². The summed E-state index contributed by atoms with van der Waals surface area (Å²) < 4.78 is 31.6. The molecule has 2 aromatic rings. The quantitative estimate of drug-likeness (QED) is 0.809. The van der Waals surface area contributed by atoms with Crippen LogP contribution < -0.4 is 4.90 Å². The van der Waals surface area contributed by atoms with Gasteiger partial charge in [-0.2, -0.15) is 0 Å². The Hall–Kier alpha value is -2.43. The molecule has 21 heavy (non-hydrogen) atoms. The van der Waals surface area contributed by atoms with Gasteiger partial charge in [-0.15, -0.1) is 0 Å². The summed E-state index contributed by atoms with van der Waals surface area (Å²) in [5, 5.41) is 0. The van der Waals surface area contributed by atoms with Gasteiger partial charge in [-0.05, 0) is 30.3 Å². The Kier molecular flexibility index (Phi) is 4.52. The van der Waals surface area contributed by atoms with E-state index in [4.69, 9.17) is 4.74 Å². The Morgan fingerprint density at radius 1 is 1.19 bits per heavy atom. The van der Waals surface area contributed by atoms with Gasteiger partial charge in [0, 0.05) is 19.2 Å². The number of ether oxygens (including phenoxy) is 1. The molecule has 0 aliphatic carbocycles. The lowest BCUT2D eigenvalue weighted by Crippen LogP contribution is -2.20. The minimum atomic E-state index is -0.499. The van der Waals surface area contributed by atoms with Crippen LogP contribution in [0.25, 0.3) is 0 Å². The summed E-state index contributed by atoms with van der Waals surface area (Å²) >= 11 is 0. The lowest BCUT2D eigenvalue weighted by molar-refractivity contribution is 0.0601. The number of methoxy groups -OCH3 is 1. The van der Waals surface area contributed by atoms with Gasteiger partial charge in [-0.25, -0.2) is 13.6 Å². The van der Waals surface area contributed by atoms with Crippen molar-refractivity contribution in [1.82, 2.24) is 0 Å². The minimum absolute atomic E-state index is 0.137. The van der Waals surface area contributed by atoms with Crippen molar-refractivity contribution in [1.29, 1.82) is 0 Å². The molecule has 0 atom stereocenters. The largest absolute Gasteiger partial charge is 0.465 e. The number of carbonyl (C=O) groups excluding carboxylic acids is 1. The van der Waals surface area contributed by atoms with Gasteiger partial charge < -0.3 is 9.64 Å². The van der Waals surface area contributed by atoms with Crippen LogP contribution in [0.2, 0.25) is 0 Å². The number of rotatable bonds is 4. The third-order valence-corrected chi connectivity index (χ3v) is 3.14. The van der Waals surface area contributed by atoms with Gasteiger partial charge in [0.2, 0.25) is 0 Å². The standard InChI is InChI=1S/C16H15F2NO2/c1-19(10-11-9-12(17)7-8-14(11)18)15-6-4-3-5-13(15)16(20)21-2/h3-9H,10H2,1-2H3. The van der Waals surface area contributed by atoms with E-state index in [9.17, 15) is 13.6 Å². The van der Waals surface area contributed by atoms with Crippen LogP contribution in [0.5, 0.6) is 0 Å². The van der Waals surface area contributed by atoms with Gasteiger partial charge in [0.15, 0.2) is 0 Å². The Morgan fingerprint density at radius 2 is 1.90 bits per heavy atom. The highest BCUT2D eigenvalue weighted by Crippen LogP contribution is 2.22. The van der Waals surface area contributed by atoms with Crippen LogP contribution in [0.4, 0.5) is 14.5 Å². The van der Waals surface area contributed by atoms with Crippen molar-refractivity contribution in [2.45, 2.75) is 6.54 Å². The molecule has 0 aromatic heterocycles. The zero-order valence-electron chi connectivity index (χ0n) is 11.8. The third-order valence-electron chi connectivity index (χ3n) is 3.14. The van der Waals surface area contributed by atoms with E-state index in [1.807, 2.05) is 0 Å². The van der Waals surface area contributed by atoms with E-state index in [1.165, 1.54) is 7.11 Å². The Bertz CT molecular complexity index is 658. The Morgan fingerprint density at radius 3 is 2.62 bits per heavy atom. The fourth-order valence-corrected chi connectivity index (χ4v) is 2.09.